The van der Waals surface area contributed by atoms with Crippen molar-refractivity contribution >= 4 is 70.7 Å². The molecule has 4 aromatic carbocycles. The van der Waals surface area contributed by atoms with Crippen molar-refractivity contribution in [1.29, 1.82) is 0 Å². The summed E-state index contributed by atoms with van der Waals surface area (Å²) in [5.74, 6) is -8.57. The van der Waals surface area contributed by atoms with Gasteiger partial charge in [0.05, 0.1) is 36.6 Å². The molecule has 0 aliphatic carbocycles. The molecule has 5 heterocycles. The molecule has 0 aromatic heterocycles. The number of aliphatic hydroxyl groups is 6. The summed E-state index contributed by atoms with van der Waals surface area (Å²) in [5, 5.41) is 103. The van der Waals surface area contributed by atoms with E-state index in [1.807, 2.05) is 6.07 Å². The van der Waals surface area contributed by atoms with Crippen LogP contribution in [0.15, 0.2) is 97.1 Å². The maximum Gasteiger partial charge on any atom is 0.261 e. The molecule has 5 aliphatic rings. The Kier molecular flexibility index (Phi) is 23.8. The highest BCUT2D eigenvalue weighted by molar-refractivity contribution is 7.90. The normalized spacial score (nSPS) is 26.8. The number of anilines is 3. The number of rotatable bonds is 17. The van der Waals surface area contributed by atoms with Crippen molar-refractivity contribution in [2.24, 2.45) is 11.7 Å². The molecule has 0 spiro atoms. The van der Waals surface area contributed by atoms with Crippen molar-refractivity contribution < 1.29 is 88.1 Å². The van der Waals surface area contributed by atoms with Crippen LogP contribution in [0.2, 0.25) is 0 Å². The summed E-state index contributed by atoms with van der Waals surface area (Å²) in [6.07, 6.45) is -9.89. The number of fused-ring (bicyclic) bond motifs is 2. The van der Waals surface area contributed by atoms with Gasteiger partial charge in [-0.25, -0.2) is 5.26 Å². The predicted molar refractivity (Wildman–Crippen MR) is 338 cm³/mol. The van der Waals surface area contributed by atoms with Gasteiger partial charge < -0.3 is 96.7 Å². The number of phenolic OH excluding ortho intramolecular Hbond substituents is 1. The number of piperidine rings is 1. The molecule has 30 heteroatoms. The van der Waals surface area contributed by atoms with Crippen LogP contribution >= 0.6 is 12.3 Å². The molecule has 5 aliphatic heterocycles. The third-order valence-electron chi connectivity index (χ3n) is 18.0. The van der Waals surface area contributed by atoms with Gasteiger partial charge in [0, 0.05) is 107 Å². The van der Waals surface area contributed by atoms with Crippen LogP contribution in [0.25, 0.3) is 0 Å². The molecule has 4 aromatic rings. The molecular weight excluding hydrogens is 1230 g/mol. The van der Waals surface area contributed by atoms with Crippen molar-refractivity contribution in [2.45, 2.75) is 131 Å². The number of hydrogen-bond acceptors (Lipinski definition) is 23. The molecule has 0 unspecified atom stereocenters. The van der Waals surface area contributed by atoms with Gasteiger partial charge in [-0.2, -0.15) is 0 Å². The summed E-state index contributed by atoms with van der Waals surface area (Å²) in [6.45, 7) is 5.73. The number of hydrogen-bond donors (Lipinski definition) is 14. The molecule has 9 rings (SSSR count). The average Bonchev–Trinajstić information content (AvgIpc) is 1.74. The average molecular weight is 1310 g/mol. The number of amides is 7. The molecule has 0 saturated carbocycles. The lowest BCUT2D eigenvalue weighted by Gasteiger charge is -2.38. The summed E-state index contributed by atoms with van der Waals surface area (Å²) in [7, 11) is 0. The fourth-order valence-corrected chi connectivity index (χ4v) is 13.0. The van der Waals surface area contributed by atoms with Gasteiger partial charge in [-0.3, -0.25) is 33.6 Å². The molecule has 5 saturated heterocycles. The van der Waals surface area contributed by atoms with E-state index in [2.05, 4.69) is 99.2 Å². The van der Waals surface area contributed by atoms with Crippen LogP contribution in [0.4, 0.5) is 17.1 Å². The van der Waals surface area contributed by atoms with E-state index in [0.29, 0.717) is 19.0 Å². The van der Waals surface area contributed by atoms with Crippen molar-refractivity contribution in [3.8, 4) is 11.5 Å². The van der Waals surface area contributed by atoms with Gasteiger partial charge >= 0.3 is 0 Å². The maximum atomic E-state index is 14.7. The Bertz CT molecular complexity index is 3220. The Morgan fingerprint density at radius 3 is 1.89 bits per heavy atom. The monoisotopic (exact) mass is 1310 g/mol. The summed E-state index contributed by atoms with van der Waals surface area (Å²) in [5.41, 5.74) is 10.6. The number of piperazine rings is 1. The van der Waals surface area contributed by atoms with Gasteiger partial charge in [0.15, 0.2) is 11.5 Å². The van der Waals surface area contributed by atoms with Crippen LogP contribution < -0.4 is 51.2 Å². The lowest BCUT2D eigenvalue weighted by Crippen LogP contribution is -2.64. The van der Waals surface area contributed by atoms with Gasteiger partial charge in [0.1, 0.15) is 36.3 Å². The quantitative estimate of drug-likeness (QED) is 0.0255. The number of nitrogens with two attached hydrogens (primary N) is 1. The molecule has 0 radical (unpaired) electrons. The fraction of sp³-hybridized carbons (Fsp3) is 0.508. The van der Waals surface area contributed by atoms with E-state index in [9.17, 15) is 69.3 Å². The van der Waals surface area contributed by atoms with Crippen LogP contribution in [0, 0.1) is 5.92 Å². The zero-order chi connectivity index (χ0) is 66.6. The van der Waals surface area contributed by atoms with Gasteiger partial charge in [0.2, 0.25) is 35.4 Å². The van der Waals surface area contributed by atoms with E-state index < -0.39 is 158 Å². The Labute approximate surface area is 541 Å². The lowest BCUT2D eigenvalue weighted by molar-refractivity contribution is -0.433. The van der Waals surface area contributed by atoms with Crippen LogP contribution in [0.1, 0.15) is 73.4 Å². The Morgan fingerprint density at radius 2 is 1.28 bits per heavy atom. The Morgan fingerprint density at radius 1 is 0.688 bits per heavy atom. The van der Waals surface area contributed by atoms with E-state index in [-0.39, 0.29) is 48.7 Å². The number of β-amino-alcohol motifs (C(OH)–C–C–N with tert-alkyl or cyclic N) is 1. The molecule has 7 amide bonds. The first kappa shape index (κ1) is 69.5. The van der Waals surface area contributed by atoms with Crippen molar-refractivity contribution in [2.75, 3.05) is 80.1 Å². The largest absolute Gasteiger partial charge is 0.504 e. The molecule has 15 N–H and O–H groups in total. The second-order valence-electron chi connectivity index (χ2n) is 24.4. The maximum absolute atomic E-state index is 14.7. The smallest absolute Gasteiger partial charge is 0.261 e. The lowest BCUT2D eigenvalue weighted by atomic mass is 9.89. The third-order valence-corrected chi connectivity index (χ3v) is 18.3. The summed E-state index contributed by atoms with van der Waals surface area (Å²) < 4.78 is 9.35. The minimum atomic E-state index is -2.10. The van der Waals surface area contributed by atoms with E-state index in [1.165, 1.54) is 30.3 Å². The molecular formula is C63H83N11O18S. The van der Waals surface area contributed by atoms with Crippen molar-refractivity contribution in [1.82, 2.24) is 36.4 Å². The second kappa shape index (κ2) is 31.8. The molecule has 5 fully saturated rings. The van der Waals surface area contributed by atoms with E-state index in [4.69, 9.17) is 15.2 Å². The first-order valence-electron chi connectivity index (χ1n) is 31.1. The van der Waals surface area contributed by atoms with Gasteiger partial charge in [-0.15, -0.1) is 0 Å². The Hall–Kier alpha value is -7.88. The van der Waals surface area contributed by atoms with Gasteiger partial charge in [-0.05, 0) is 110 Å². The minimum Gasteiger partial charge on any atom is -0.504 e. The van der Waals surface area contributed by atoms with E-state index in [0.717, 1.165) is 73.2 Å². The van der Waals surface area contributed by atoms with Crippen LogP contribution in [-0.2, 0) is 44.6 Å². The van der Waals surface area contributed by atoms with Crippen LogP contribution in [0.5, 0.6) is 11.5 Å². The minimum absolute atomic E-state index is 0.0866. The number of aromatic hydroxyl groups is 1. The zero-order valence-corrected chi connectivity index (χ0v) is 52.3. The number of phenols is 1. The number of nitrogens with one attached hydrogen (secondary N) is 5. The van der Waals surface area contributed by atoms with E-state index in [1.54, 1.807) is 24.3 Å². The molecule has 29 nitrogen and oxygen atoms in total. The molecule has 504 valence electrons. The predicted octanol–water partition coefficient (Wildman–Crippen LogP) is -1.24. The summed E-state index contributed by atoms with van der Waals surface area (Å²) in [4.78, 5) is 110. The third kappa shape index (κ3) is 17.1. The van der Waals surface area contributed by atoms with Crippen molar-refractivity contribution in [3.63, 3.8) is 0 Å². The number of benzene rings is 4. The number of carbonyl (C=O) groups excluding carboxylic acids is 7. The second-order valence-corrected chi connectivity index (χ2v) is 24.8. The number of aliphatic hydroxyl groups excluding tert-OH is 6. The highest BCUT2D eigenvalue weighted by atomic mass is 32.2. The molecule has 0 bridgehead atoms. The van der Waals surface area contributed by atoms with Crippen molar-refractivity contribution in [3.05, 3.63) is 114 Å². The number of carbonyl (C=O) groups is 7. The van der Waals surface area contributed by atoms with Crippen LogP contribution in [0.3, 0.4) is 0 Å². The standard InChI is InChI=1S/C63H83N11O18S/c1-35-33-74-55(56(35)81)61(86)65-32-44(76)30-46(66-57(82)40-9-11-41(12-10-40)71-24-26-72(27-25-71)43-15-13-42(14-16-43)70-22-19-39(20-23-70)38-6-4-3-5-7-38)58(83)67-52(36(2)75)62(87)73-34-45(77)31-47(73)59(84)68-53(60(85)69-54(63(74)88)49(79)18-21-64)50(80)28-37-8-17-48(78)51(29-37)90-93-92-91-89/h3-17,29,35-36,39,44-47,49-50,52-56,75-81,89H,18-28,30-34,64H2,1-2H3,(H,65,86)(H,66,82)(H,67,83)(H,68,84)(H,69,85)/t35-,36+,44+,45+,46+,47+,49-,50-,52+,53+,54+,55+,56+/m1/s1. The van der Waals surface area contributed by atoms with Crippen LogP contribution in [-0.4, -0.2) is 230 Å². The fourth-order valence-electron chi connectivity index (χ4n) is 12.8. The highest BCUT2D eigenvalue weighted by Gasteiger charge is 2.50. The zero-order valence-electron chi connectivity index (χ0n) is 51.5. The first-order chi connectivity index (χ1) is 44.6. The van der Waals surface area contributed by atoms with E-state index >= 15 is 0 Å². The topological polar surface area (TPSA) is 411 Å². The van der Waals surface area contributed by atoms with Gasteiger partial charge in [-0.1, -0.05) is 52.7 Å². The highest BCUT2D eigenvalue weighted by Crippen LogP contribution is 2.34. The first-order valence-corrected chi connectivity index (χ1v) is 31.8. The Balaban J connectivity index is 0.926. The summed E-state index contributed by atoms with van der Waals surface area (Å²) in [6, 6.07) is 18.6. The van der Waals surface area contributed by atoms with Gasteiger partial charge in [0.25, 0.3) is 18.2 Å². The SMILES string of the molecule is C[C@H](O)[C@@H]1NC(=O)[C@@H](NC(=O)c2ccc(N3CCN(c4ccc(N5CCC(c6ccccc6)CC5)cc4)CC3)cc2)C[C@H](O)CNC(=O)[C@@H]2[C@@H](O)[C@H](C)CN2C(=O)[C@H]([C@H](O)CCN)NC(=O)[C@H]([C@H](O)Cc2ccc(O)c(OSOOO)c2)NC(=O)[C@@H]2C[C@H](O)CN2C1=O. The number of nitrogens with zero attached hydrogens (tertiary/aromatic N) is 5. The summed E-state index contributed by atoms with van der Waals surface area (Å²) >= 11 is 0.0866. The molecule has 93 heavy (non-hydrogen) atoms. The molecule has 13 atom stereocenters.